The van der Waals surface area contributed by atoms with Gasteiger partial charge in [-0.25, -0.2) is 4.98 Å². The Hall–Kier alpha value is -2.11. The molecule has 1 aromatic heterocycles. The average Bonchev–Trinajstić information content (AvgIpc) is 2.48. The summed E-state index contributed by atoms with van der Waals surface area (Å²) in [5.74, 6) is -0.193. The van der Waals surface area contributed by atoms with Gasteiger partial charge < -0.3 is 16.0 Å². The van der Waals surface area contributed by atoms with Crippen LogP contribution in [0, 0.1) is 5.92 Å². The lowest BCUT2D eigenvalue weighted by Crippen LogP contribution is -2.44. The van der Waals surface area contributed by atoms with E-state index in [-0.39, 0.29) is 0 Å². The Labute approximate surface area is 124 Å². The van der Waals surface area contributed by atoms with Crippen molar-refractivity contribution >= 4 is 23.3 Å². The molecule has 6 heteroatoms. The van der Waals surface area contributed by atoms with Gasteiger partial charge in [0.1, 0.15) is 5.82 Å². The second-order valence-electron chi connectivity index (χ2n) is 5.57. The lowest BCUT2D eigenvalue weighted by Gasteiger charge is -2.30. The molecule has 2 rings (SSSR count). The Kier molecular flexibility index (Phi) is 4.77. The highest BCUT2D eigenvalue weighted by Crippen LogP contribution is 2.17. The molecule has 1 aromatic rings. The number of carbonyl (C=O) groups is 2. The third kappa shape index (κ3) is 3.71. The molecule has 1 saturated heterocycles. The van der Waals surface area contributed by atoms with Crippen molar-refractivity contribution < 1.29 is 9.59 Å². The van der Waals surface area contributed by atoms with Crippen molar-refractivity contribution in [2.75, 3.05) is 24.1 Å². The van der Waals surface area contributed by atoms with Crippen molar-refractivity contribution in [3.63, 3.8) is 0 Å². The zero-order chi connectivity index (χ0) is 15.4. The van der Waals surface area contributed by atoms with Crippen LogP contribution in [-0.4, -0.2) is 34.8 Å². The van der Waals surface area contributed by atoms with Gasteiger partial charge in [-0.1, -0.05) is 13.8 Å². The van der Waals surface area contributed by atoms with Crippen LogP contribution in [0.4, 0.5) is 11.5 Å². The maximum Gasteiger partial charge on any atom is 0.313 e. The van der Waals surface area contributed by atoms with Crippen LogP contribution in [-0.2, 0) is 16.0 Å². The molecule has 0 saturated carbocycles. The highest BCUT2D eigenvalue weighted by atomic mass is 16.2. The summed E-state index contributed by atoms with van der Waals surface area (Å²) in [6.45, 7) is 5.34. The zero-order valence-corrected chi connectivity index (χ0v) is 12.6. The number of carbonyl (C=O) groups excluding carboxylic acids is 2. The number of piperidine rings is 1. The van der Waals surface area contributed by atoms with Gasteiger partial charge in [0.15, 0.2) is 0 Å². The zero-order valence-electron chi connectivity index (χ0n) is 12.6. The number of rotatable bonds is 2. The van der Waals surface area contributed by atoms with Crippen molar-refractivity contribution in [2.24, 2.45) is 5.92 Å². The number of pyridine rings is 1. The summed E-state index contributed by atoms with van der Waals surface area (Å²) in [7, 11) is 0. The van der Waals surface area contributed by atoms with E-state index < -0.39 is 11.8 Å². The number of aryl methyl sites for hydroxylation is 1. The first-order valence-electron chi connectivity index (χ1n) is 7.36. The van der Waals surface area contributed by atoms with Crippen LogP contribution in [0.25, 0.3) is 0 Å². The highest BCUT2D eigenvalue weighted by Gasteiger charge is 2.26. The number of nitrogens with one attached hydrogen (secondary N) is 1. The van der Waals surface area contributed by atoms with Gasteiger partial charge in [-0.15, -0.1) is 0 Å². The number of amides is 2. The van der Waals surface area contributed by atoms with E-state index >= 15 is 0 Å². The lowest BCUT2D eigenvalue weighted by atomic mass is 10.0. The molecule has 21 heavy (non-hydrogen) atoms. The molecule has 0 unspecified atom stereocenters. The maximum atomic E-state index is 12.1. The van der Waals surface area contributed by atoms with E-state index in [4.69, 9.17) is 5.73 Å². The Morgan fingerprint density at radius 3 is 2.95 bits per heavy atom. The molecule has 0 spiro atoms. The summed E-state index contributed by atoms with van der Waals surface area (Å²) >= 11 is 0. The fourth-order valence-electron chi connectivity index (χ4n) is 2.57. The largest absolute Gasteiger partial charge is 0.383 e. The van der Waals surface area contributed by atoms with E-state index in [0.717, 1.165) is 24.8 Å². The standard InChI is InChI=1S/C15H22N4O2/c1-3-11-7-12(8-17-13(11)16)18-14(20)15(21)19-6-4-5-10(2)9-19/h7-8,10H,3-6,9H2,1-2H3,(H2,16,17)(H,18,20)/t10-/m0/s1. The quantitative estimate of drug-likeness (QED) is 0.806. The average molecular weight is 290 g/mol. The predicted octanol–water partition coefficient (Wildman–Crippen LogP) is 1.42. The number of likely N-dealkylation sites (tertiary alicyclic amines) is 1. The van der Waals surface area contributed by atoms with Gasteiger partial charge in [0.2, 0.25) is 0 Å². The molecular weight excluding hydrogens is 268 g/mol. The third-order valence-electron chi connectivity index (χ3n) is 3.78. The minimum absolute atomic E-state index is 0.445. The second-order valence-corrected chi connectivity index (χ2v) is 5.57. The van der Waals surface area contributed by atoms with Crippen LogP contribution in [0.2, 0.25) is 0 Å². The van der Waals surface area contributed by atoms with Gasteiger partial charge in [-0.3, -0.25) is 9.59 Å². The Morgan fingerprint density at radius 2 is 2.29 bits per heavy atom. The molecule has 6 nitrogen and oxygen atoms in total. The van der Waals surface area contributed by atoms with Crippen LogP contribution in [0.5, 0.6) is 0 Å². The molecular formula is C15H22N4O2. The molecule has 0 aliphatic carbocycles. The van der Waals surface area contributed by atoms with Crippen molar-refractivity contribution in [1.82, 2.24) is 9.88 Å². The van der Waals surface area contributed by atoms with Crippen LogP contribution in [0.1, 0.15) is 32.3 Å². The van der Waals surface area contributed by atoms with Crippen molar-refractivity contribution in [3.05, 3.63) is 17.8 Å². The molecule has 0 bridgehead atoms. The lowest BCUT2D eigenvalue weighted by molar-refractivity contribution is -0.144. The van der Waals surface area contributed by atoms with Crippen LogP contribution in [0.15, 0.2) is 12.3 Å². The van der Waals surface area contributed by atoms with E-state index in [9.17, 15) is 9.59 Å². The molecule has 1 fully saturated rings. The third-order valence-corrected chi connectivity index (χ3v) is 3.78. The highest BCUT2D eigenvalue weighted by molar-refractivity contribution is 6.39. The normalized spacial score (nSPS) is 18.4. The minimum Gasteiger partial charge on any atom is -0.383 e. The fourth-order valence-corrected chi connectivity index (χ4v) is 2.57. The molecule has 0 radical (unpaired) electrons. The number of hydrogen-bond acceptors (Lipinski definition) is 4. The Balaban J connectivity index is 2.02. The molecule has 2 amide bonds. The van der Waals surface area contributed by atoms with E-state index in [1.165, 1.54) is 6.20 Å². The molecule has 1 atom stereocenters. The van der Waals surface area contributed by atoms with Gasteiger partial charge in [0, 0.05) is 13.1 Å². The topological polar surface area (TPSA) is 88.3 Å². The van der Waals surface area contributed by atoms with Crippen molar-refractivity contribution in [2.45, 2.75) is 33.1 Å². The molecule has 0 aromatic carbocycles. The Morgan fingerprint density at radius 1 is 1.52 bits per heavy atom. The first-order chi connectivity index (χ1) is 10.0. The summed E-state index contributed by atoms with van der Waals surface area (Å²) in [6.07, 6.45) is 4.25. The molecule has 3 N–H and O–H groups in total. The van der Waals surface area contributed by atoms with Crippen molar-refractivity contribution in [1.29, 1.82) is 0 Å². The Bertz CT molecular complexity index is 544. The minimum atomic E-state index is -0.613. The number of nitrogens with zero attached hydrogens (tertiary/aromatic N) is 2. The predicted molar refractivity (Wildman–Crippen MR) is 81.6 cm³/mol. The van der Waals surface area contributed by atoms with Crippen molar-refractivity contribution in [3.8, 4) is 0 Å². The molecule has 1 aliphatic rings. The number of nitrogen functional groups attached to an aromatic ring is 1. The number of anilines is 2. The molecule has 1 aliphatic heterocycles. The first kappa shape index (κ1) is 15.3. The summed E-state index contributed by atoms with van der Waals surface area (Å²) in [5.41, 5.74) is 7.08. The second kappa shape index (κ2) is 6.56. The van der Waals surface area contributed by atoms with Gasteiger partial charge >= 0.3 is 11.8 Å². The fraction of sp³-hybridized carbons (Fsp3) is 0.533. The maximum absolute atomic E-state index is 12.1. The van der Waals surface area contributed by atoms with Crippen LogP contribution < -0.4 is 11.1 Å². The summed E-state index contributed by atoms with van der Waals surface area (Å²) in [5, 5.41) is 2.61. The van der Waals surface area contributed by atoms with E-state index in [1.807, 2.05) is 6.92 Å². The smallest absolute Gasteiger partial charge is 0.313 e. The van der Waals surface area contributed by atoms with Gasteiger partial charge in [-0.05, 0) is 36.8 Å². The van der Waals surface area contributed by atoms with E-state index in [1.54, 1.807) is 11.0 Å². The summed E-state index contributed by atoms with van der Waals surface area (Å²) in [6, 6.07) is 1.76. The molecule has 2 heterocycles. The first-order valence-corrected chi connectivity index (χ1v) is 7.36. The number of nitrogens with two attached hydrogens (primary N) is 1. The monoisotopic (exact) mass is 290 g/mol. The SMILES string of the molecule is CCc1cc(NC(=O)C(=O)N2CCC[C@H](C)C2)cnc1N. The van der Waals surface area contributed by atoms with E-state index in [2.05, 4.69) is 17.2 Å². The van der Waals surface area contributed by atoms with Crippen LogP contribution >= 0.6 is 0 Å². The summed E-state index contributed by atoms with van der Waals surface area (Å²) in [4.78, 5) is 29.8. The van der Waals surface area contributed by atoms with Crippen LogP contribution in [0.3, 0.4) is 0 Å². The number of hydrogen-bond donors (Lipinski definition) is 2. The van der Waals surface area contributed by atoms with Gasteiger partial charge in [-0.2, -0.15) is 0 Å². The summed E-state index contributed by atoms with van der Waals surface area (Å²) < 4.78 is 0. The molecule has 114 valence electrons. The number of aromatic nitrogens is 1. The van der Waals surface area contributed by atoms with E-state index in [0.29, 0.717) is 30.5 Å². The van der Waals surface area contributed by atoms with Gasteiger partial charge in [0.05, 0.1) is 11.9 Å². The van der Waals surface area contributed by atoms with Gasteiger partial charge in [0.25, 0.3) is 0 Å².